The maximum absolute atomic E-state index is 11.6. The zero-order valence-electron chi connectivity index (χ0n) is 24.1. The first-order chi connectivity index (χ1) is 20.4. The Morgan fingerprint density at radius 2 is 1.76 bits per heavy atom. The highest BCUT2D eigenvalue weighted by molar-refractivity contribution is 5.88. The molecule has 2 aromatic heterocycles. The van der Waals surface area contributed by atoms with Gasteiger partial charge in [0.15, 0.2) is 11.3 Å². The molecular formula is C34H36N4O4. The molecule has 0 radical (unpaired) electrons. The number of carbonyl (C=O) groups is 1. The van der Waals surface area contributed by atoms with Gasteiger partial charge in [-0.2, -0.15) is 0 Å². The minimum Gasteiger partial charge on any atom is -0.480 e. The molecule has 3 aliphatic rings. The zero-order chi connectivity index (χ0) is 28.8. The Kier molecular flexibility index (Phi) is 7.04. The van der Waals surface area contributed by atoms with Crippen molar-refractivity contribution in [1.82, 2.24) is 19.4 Å². The van der Waals surface area contributed by atoms with Crippen molar-refractivity contribution in [2.45, 2.75) is 64.3 Å². The molecule has 3 aliphatic heterocycles. The van der Waals surface area contributed by atoms with Crippen LogP contribution in [0.1, 0.15) is 76.8 Å². The molecule has 0 saturated carbocycles. The van der Waals surface area contributed by atoms with Gasteiger partial charge in [-0.3, -0.25) is 4.90 Å². The quantitative estimate of drug-likeness (QED) is 0.288. The van der Waals surface area contributed by atoms with Gasteiger partial charge in [-0.15, -0.1) is 0 Å². The van der Waals surface area contributed by atoms with E-state index in [0.717, 1.165) is 61.6 Å². The topological polar surface area (TPSA) is 89.7 Å². The lowest BCUT2D eigenvalue weighted by atomic mass is 9.86. The van der Waals surface area contributed by atoms with Crippen molar-refractivity contribution in [3.8, 4) is 5.75 Å². The van der Waals surface area contributed by atoms with Crippen LogP contribution in [0.2, 0.25) is 0 Å². The van der Waals surface area contributed by atoms with E-state index in [0.29, 0.717) is 24.7 Å². The molecule has 42 heavy (non-hydrogen) atoms. The van der Waals surface area contributed by atoms with Gasteiger partial charge in [0.05, 0.1) is 19.2 Å². The summed E-state index contributed by atoms with van der Waals surface area (Å²) < 4.78 is 14.6. The summed E-state index contributed by atoms with van der Waals surface area (Å²) in [6, 6.07) is 18.3. The average molecular weight is 565 g/mol. The third-order valence-electron chi connectivity index (χ3n) is 9.04. The van der Waals surface area contributed by atoms with E-state index in [1.807, 2.05) is 0 Å². The van der Waals surface area contributed by atoms with Crippen LogP contribution in [0.15, 0.2) is 60.2 Å². The van der Waals surface area contributed by atoms with Crippen molar-refractivity contribution in [1.29, 1.82) is 0 Å². The number of hydrogen-bond donors (Lipinski definition) is 1. The van der Waals surface area contributed by atoms with Crippen LogP contribution in [0, 0.1) is 6.92 Å². The van der Waals surface area contributed by atoms with Gasteiger partial charge >= 0.3 is 5.97 Å². The fraction of sp³-hybridized carbons (Fsp3) is 0.382. The van der Waals surface area contributed by atoms with E-state index in [1.165, 1.54) is 28.3 Å². The third kappa shape index (κ3) is 4.99. The number of likely N-dealkylation sites (tertiary alicyclic amines) is 1. The van der Waals surface area contributed by atoms with Crippen LogP contribution in [-0.4, -0.2) is 56.3 Å². The number of benzene rings is 2. The van der Waals surface area contributed by atoms with Crippen molar-refractivity contribution in [3.05, 3.63) is 93.9 Å². The van der Waals surface area contributed by atoms with Gasteiger partial charge in [0.1, 0.15) is 23.2 Å². The monoisotopic (exact) mass is 564 g/mol. The molecule has 1 unspecified atom stereocenters. The molecule has 0 spiro atoms. The maximum Gasteiger partial charge on any atom is 0.354 e. The van der Waals surface area contributed by atoms with Crippen molar-refractivity contribution < 1.29 is 19.4 Å². The van der Waals surface area contributed by atoms with Gasteiger partial charge in [-0.1, -0.05) is 42.5 Å². The Hall–Kier alpha value is -4.01. The largest absolute Gasteiger partial charge is 0.480 e. The first-order valence-corrected chi connectivity index (χ1v) is 14.9. The molecule has 216 valence electrons. The lowest BCUT2D eigenvalue weighted by molar-refractivity contribution is -0.0593. The second-order valence-corrected chi connectivity index (χ2v) is 11.8. The van der Waals surface area contributed by atoms with Gasteiger partial charge in [0, 0.05) is 12.2 Å². The standard InChI is InChI=1S/C34H36N4O4/c1-21-6-3-4-8-26(21)31-22(2)18-24-7-5-9-27(32(24)42-31)23-12-15-37(16-13-23)20-30-35-28-10-11-29(34(39)40)36-33(28)38(30)19-25-14-17-41-25/h3-11,18,23,25,31H,12-17,19-20H2,1-2H3,(H,39,40)/t25?,31-/m1/s1. The molecule has 2 aromatic carbocycles. The number of fused-ring (bicyclic) bond motifs is 2. The summed E-state index contributed by atoms with van der Waals surface area (Å²) >= 11 is 0. The molecule has 2 atom stereocenters. The van der Waals surface area contributed by atoms with Gasteiger partial charge in [0.2, 0.25) is 0 Å². The van der Waals surface area contributed by atoms with E-state index in [9.17, 15) is 9.90 Å². The summed E-state index contributed by atoms with van der Waals surface area (Å²) in [6.45, 7) is 8.30. The van der Waals surface area contributed by atoms with Crippen LogP contribution < -0.4 is 4.74 Å². The Morgan fingerprint density at radius 1 is 0.976 bits per heavy atom. The van der Waals surface area contributed by atoms with Crippen LogP contribution in [-0.2, 0) is 17.8 Å². The van der Waals surface area contributed by atoms with Crippen LogP contribution in [0.5, 0.6) is 5.75 Å². The molecule has 2 saturated heterocycles. The lowest BCUT2D eigenvalue weighted by Gasteiger charge is -2.35. The number of para-hydroxylation sites is 1. The van der Waals surface area contributed by atoms with Gasteiger partial charge in [-0.05, 0) is 92.6 Å². The van der Waals surface area contributed by atoms with E-state index < -0.39 is 5.97 Å². The zero-order valence-corrected chi connectivity index (χ0v) is 24.1. The molecule has 2 fully saturated rings. The smallest absolute Gasteiger partial charge is 0.354 e. The Bertz CT molecular complexity index is 1680. The second kappa shape index (κ2) is 11.0. The molecule has 0 amide bonds. The highest BCUT2D eigenvalue weighted by Crippen LogP contribution is 2.44. The fourth-order valence-corrected chi connectivity index (χ4v) is 6.58. The number of rotatable bonds is 7. The van der Waals surface area contributed by atoms with Gasteiger partial charge in [-0.25, -0.2) is 14.8 Å². The summed E-state index contributed by atoms with van der Waals surface area (Å²) in [5.74, 6) is 1.33. The number of aromatic carboxylic acids is 1. The predicted molar refractivity (Wildman–Crippen MR) is 161 cm³/mol. The average Bonchev–Trinajstić information content (AvgIpc) is 3.31. The summed E-state index contributed by atoms with van der Waals surface area (Å²) in [7, 11) is 0. The lowest BCUT2D eigenvalue weighted by Crippen LogP contribution is -2.35. The molecule has 7 rings (SSSR count). The molecule has 1 N–H and O–H groups in total. The molecular weight excluding hydrogens is 528 g/mol. The van der Waals surface area contributed by atoms with Crippen LogP contribution in [0.3, 0.4) is 0 Å². The molecule has 8 nitrogen and oxygen atoms in total. The van der Waals surface area contributed by atoms with E-state index in [4.69, 9.17) is 14.5 Å². The molecule has 0 bridgehead atoms. The molecule has 0 aliphatic carbocycles. The normalized spacial score (nSPS) is 21.0. The van der Waals surface area contributed by atoms with Crippen LogP contribution in [0.4, 0.5) is 0 Å². The van der Waals surface area contributed by atoms with Gasteiger partial charge < -0.3 is 19.1 Å². The number of piperidine rings is 1. The fourth-order valence-electron chi connectivity index (χ4n) is 6.58. The minimum absolute atomic E-state index is 0.0358. The van der Waals surface area contributed by atoms with Crippen molar-refractivity contribution in [2.24, 2.45) is 0 Å². The first-order valence-electron chi connectivity index (χ1n) is 14.9. The number of aryl methyl sites for hydroxylation is 1. The number of imidazole rings is 1. The van der Waals surface area contributed by atoms with E-state index in [1.54, 1.807) is 6.07 Å². The number of nitrogens with zero attached hydrogens (tertiary/aromatic N) is 4. The van der Waals surface area contributed by atoms with E-state index in [2.05, 4.69) is 76.8 Å². The summed E-state index contributed by atoms with van der Waals surface area (Å²) in [4.78, 5) is 23.4. The number of ether oxygens (including phenoxy) is 2. The number of hydrogen-bond acceptors (Lipinski definition) is 6. The van der Waals surface area contributed by atoms with Gasteiger partial charge in [0.25, 0.3) is 0 Å². The number of aromatic nitrogens is 3. The van der Waals surface area contributed by atoms with Crippen LogP contribution >= 0.6 is 0 Å². The highest BCUT2D eigenvalue weighted by Gasteiger charge is 2.30. The van der Waals surface area contributed by atoms with E-state index in [-0.39, 0.29) is 17.9 Å². The number of pyridine rings is 1. The maximum atomic E-state index is 11.6. The molecule has 8 heteroatoms. The third-order valence-corrected chi connectivity index (χ3v) is 9.04. The van der Waals surface area contributed by atoms with Crippen molar-refractivity contribution >= 4 is 23.2 Å². The Balaban J connectivity index is 1.09. The Morgan fingerprint density at radius 3 is 2.50 bits per heavy atom. The van der Waals surface area contributed by atoms with E-state index >= 15 is 0 Å². The van der Waals surface area contributed by atoms with Crippen LogP contribution in [0.25, 0.3) is 17.2 Å². The Labute approximate surface area is 245 Å². The molecule has 4 aromatic rings. The first kappa shape index (κ1) is 26.9. The van der Waals surface area contributed by atoms with Crippen molar-refractivity contribution in [2.75, 3.05) is 19.7 Å². The number of carboxylic acids is 1. The predicted octanol–water partition coefficient (Wildman–Crippen LogP) is 6.14. The summed E-state index contributed by atoms with van der Waals surface area (Å²) in [5, 5.41) is 9.50. The minimum atomic E-state index is -1.03. The summed E-state index contributed by atoms with van der Waals surface area (Å²) in [5.41, 5.74) is 7.54. The van der Waals surface area contributed by atoms with Crippen molar-refractivity contribution in [3.63, 3.8) is 0 Å². The molecule has 5 heterocycles. The second-order valence-electron chi connectivity index (χ2n) is 11.8. The number of carboxylic acid groups (broad SMARTS) is 1. The highest BCUT2D eigenvalue weighted by atomic mass is 16.5. The SMILES string of the molecule is CC1=Cc2cccc(C3CCN(Cc4nc5ccc(C(=O)O)nc5n4CC4CCO4)CC3)c2O[C@H]1c1ccccc1C. The summed E-state index contributed by atoms with van der Waals surface area (Å²) in [6.07, 6.45) is 5.40.